The van der Waals surface area contributed by atoms with Crippen molar-refractivity contribution in [1.29, 1.82) is 0 Å². The normalized spacial score (nSPS) is 10.7. The van der Waals surface area contributed by atoms with Crippen LogP contribution in [0.25, 0.3) is 11.5 Å². The third kappa shape index (κ3) is 2.69. The second-order valence-corrected chi connectivity index (χ2v) is 4.61. The third-order valence-corrected chi connectivity index (χ3v) is 2.91. The molecule has 3 aromatic rings. The number of anilines is 1. The van der Waals surface area contributed by atoms with E-state index in [0.29, 0.717) is 24.0 Å². The zero-order valence-electron chi connectivity index (χ0n) is 11.4. The summed E-state index contributed by atoms with van der Waals surface area (Å²) in [6, 6.07) is 9.99. The Bertz CT molecular complexity index is 698. The molecule has 0 unspecified atom stereocenters. The Kier molecular flexibility index (Phi) is 3.20. The van der Waals surface area contributed by atoms with Gasteiger partial charge in [-0.1, -0.05) is 22.9 Å². The summed E-state index contributed by atoms with van der Waals surface area (Å²) in [5, 5.41) is 11.4. The third-order valence-electron chi connectivity index (χ3n) is 2.91. The molecule has 0 spiro atoms. The van der Waals surface area contributed by atoms with Crippen LogP contribution in [0.3, 0.4) is 0 Å². The highest BCUT2D eigenvalue weighted by atomic mass is 16.5. The van der Waals surface area contributed by atoms with Crippen LogP contribution in [-0.4, -0.2) is 19.9 Å². The minimum atomic E-state index is 0.489. The standard InChI is InChI=1S/C14H15N5O/c1-10-3-5-11(6-4-10)15-9-13-16-14(18-20-13)12-7-8-19(2)17-12/h3-8,15H,9H2,1-2H3. The van der Waals surface area contributed by atoms with E-state index in [-0.39, 0.29) is 0 Å². The smallest absolute Gasteiger partial charge is 0.246 e. The number of nitrogens with zero attached hydrogens (tertiary/aromatic N) is 4. The van der Waals surface area contributed by atoms with Crippen LogP contribution in [0.2, 0.25) is 0 Å². The summed E-state index contributed by atoms with van der Waals surface area (Å²) < 4.78 is 6.91. The van der Waals surface area contributed by atoms with E-state index in [2.05, 4.69) is 39.6 Å². The lowest BCUT2D eigenvalue weighted by Crippen LogP contribution is -1.99. The van der Waals surface area contributed by atoms with Crippen LogP contribution in [0.1, 0.15) is 11.5 Å². The Morgan fingerprint density at radius 1 is 1.20 bits per heavy atom. The van der Waals surface area contributed by atoms with Gasteiger partial charge in [0.25, 0.3) is 0 Å². The lowest BCUT2D eigenvalue weighted by Gasteiger charge is -2.02. The fourth-order valence-electron chi connectivity index (χ4n) is 1.81. The fraction of sp³-hybridized carbons (Fsp3) is 0.214. The van der Waals surface area contributed by atoms with Crippen molar-refractivity contribution in [2.24, 2.45) is 7.05 Å². The van der Waals surface area contributed by atoms with Crippen molar-refractivity contribution >= 4 is 5.69 Å². The molecular formula is C14H15N5O. The first-order valence-electron chi connectivity index (χ1n) is 6.34. The highest BCUT2D eigenvalue weighted by Crippen LogP contribution is 2.14. The SMILES string of the molecule is Cc1ccc(NCc2nc(-c3ccn(C)n3)no2)cc1. The van der Waals surface area contributed by atoms with Gasteiger partial charge in [0.15, 0.2) is 0 Å². The van der Waals surface area contributed by atoms with Crippen molar-refractivity contribution in [2.75, 3.05) is 5.32 Å². The van der Waals surface area contributed by atoms with Crippen molar-refractivity contribution in [2.45, 2.75) is 13.5 Å². The summed E-state index contributed by atoms with van der Waals surface area (Å²) >= 11 is 0. The van der Waals surface area contributed by atoms with Crippen molar-refractivity contribution in [3.05, 3.63) is 48.0 Å². The first kappa shape index (κ1) is 12.4. The molecule has 0 saturated carbocycles. The summed E-state index contributed by atoms with van der Waals surface area (Å²) in [7, 11) is 1.85. The van der Waals surface area contributed by atoms with E-state index < -0.39 is 0 Å². The van der Waals surface area contributed by atoms with Gasteiger partial charge in [-0.2, -0.15) is 10.1 Å². The molecule has 0 aliphatic rings. The second-order valence-electron chi connectivity index (χ2n) is 4.61. The molecule has 0 amide bonds. The minimum absolute atomic E-state index is 0.489. The van der Waals surface area contributed by atoms with E-state index in [1.165, 1.54) is 5.56 Å². The van der Waals surface area contributed by atoms with Gasteiger partial charge in [0.05, 0.1) is 6.54 Å². The number of nitrogens with one attached hydrogen (secondary N) is 1. The summed E-state index contributed by atoms with van der Waals surface area (Å²) in [4.78, 5) is 4.31. The molecule has 6 heteroatoms. The molecule has 0 aliphatic heterocycles. The van der Waals surface area contributed by atoms with Crippen LogP contribution < -0.4 is 5.32 Å². The van der Waals surface area contributed by atoms with Gasteiger partial charge >= 0.3 is 0 Å². The maximum Gasteiger partial charge on any atom is 0.246 e. The van der Waals surface area contributed by atoms with Crippen molar-refractivity contribution in [3.63, 3.8) is 0 Å². The monoisotopic (exact) mass is 269 g/mol. The first-order valence-corrected chi connectivity index (χ1v) is 6.34. The number of hydrogen-bond donors (Lipinski definition) is 1. The molecule has 20 heavy (non-hydrogen) atoms. The molecule has 2 aromatic heterocycles. The first-order chi connectivity index (χ1) is 9.70. The zero-order valence-corrected chi connectivity index (χ0v) is 11.4. The highest BCUT2D eigenvalue weighted by Gasteiger charge is 2.10. The lowest BCUT2D eigenvalue weighted by molar-refractivity contribution is 0.384. The Balaban J connectivity index is 1.67. The van der Waals surface area contributed by atoms with Crippen LogP contribution in [0.5, 0.6) is 0 Å². The van der Waals surface area contributed by atoms with Gasteiger partial charge in [0, 0.05) is 18.9 Å². The molecule has 1 aromatic carbocycles. The van der Waals surface area contributed by atoms with Crippen LogP contribution in [-0.2, 0) is 13.6 Å². The predicted molar refractivity (Wildman–Crippen MR) is 75.0 cm³/mol. The molecule has 0 bridgehead atoms. The summed E-state index contributed by atoms with van der Waals surface area (Å²) in [5.41, 5.74) is 2.96. The number of hydrogen-bond acceptors (Lipinski definition) is 5. The van der Waals surface area contributed by atoms with Gasteiger partial charge in [-0.25, -0.2) is 0 Å². The van der Waals surface area contributed by atoms with Gasteiger partial charge in [0.2, 0.25) is 11.7 Å². The molecule has 1 N–H and O–H groups in total. The molecule has 0 radical (unpaired) electrons. The van der Waals surface area contributed by atoms with E-state index in [1.54, 1.807) is 4.68 Å². The van der Waals surface area contributed by atoms with Gasteiger partial charge in [-0.15, -0.1) is 0 Å². The molecule has 0 aliphatic carbocycles. The number of benzene rings is 1. The van der Waals surface area contributed by atoms with E-state index in [1.807, 2.05) is 31.4 Å². The molecule has 6 nitrogen and oxygen atoms in total. The van der Waals surface area contributed by atoms with E-state index in [9.17, 15) is 0 Å². The predicted octanol–water partition coefficient (Wildman–Crippen LogP) is 2.39. The van der Waals surface area contributed by atoms with Gasteiger partial charge < -0.3 is 9.84 Å². The quantitative estimate of drug-likeness (QED) is 0.787. The fourth-order valence-corrected chi connectivity index (χ4v) is 1.81. The molecule has 2 heterocycles. The van der Waals surface area contributed by atoms with Crippen LogP contribution in [0.4, 0.5) is 5.69 Å². The summed E-state index contributed by atoms with van der Waals surface area (Å²) in [6.45, 7) is 2.55. The average molecular weight is 269 g/mol. The Labute approximate surface area is 116 Å². The maximum absolute atomic E-state index is 5.20. The Hall–Kier alpha value is -2.63. The van der Waals surface area contributed by atoms with E-state index in [4.69, 9.17) is 4.52 Å². The molecular weight excluding hydrogens is 254 g/mol. The molecule has 0 fully saturated rings. The number of aryl methyl sites for hydroxylation is 2. The van der Waals surface area contributed by atoms with Gasteiger partial charge in [0.1, 0.15) is 5.69 Å². The molecule has 0 atom stereocenters. The maximum atomic E-state index is 5.20. The topological polar surface area (TPSA) is 68.8 Å². The van der Waals surface area contributed by atoms with Gasteiger partial charge in [-0.3, -0.25) is 4.68 Å². The minimum Gasteiger partial charge on any atom is -0.376 e. The van der Waals surface area contributed by atoms with E-state index in [0.717, 1.165) is 5.69 Å². The Morgan fingerprint density at radius 2 is 2.00 bits per heavy atom. The summed E-state index contributed by atoms with van der Waals surface area (Å²) in [6.07, 6.45) is 1.84. The number of aromatic nitrogens is 4. The van der Waals surface area contributed by atoms with Gasteiger partial charge in [-0.05, 0) is 25.1 Å². The van der Waals surface area contributed by atoms with Crippen molar-refractivity contribution in [1.82, 2.24) is 19.9 Å². The molecule has 0 saturated heterocycles. The number of rotatable bonds is 4. The largest absolute Gasteiger partial charge is 0.376 e. The van der Waals surface area contributed by atoms with Crippen molar-refractivity contribution in [3.8, 4) is 11.5 Å². The van der Waals surface area contributed by atoms with E-state index >= 15 is 0 Å². The molecule has 102 valence electrons. The average Bonchev–Trinajstić information content (AvgIpc) is 3.07. The lowest BCUT2D eigenvalue weighted by atomic mass is 10.2. The van der Waals surface area contributed by atoms with Crippen molar-refractivity contribution < 1.29 is 4.52 Å². The molecule has 3 rings (SSSR count). The summed E-state index contributed by atoms with van der Waals surface area (Å²) in [5.74, 6) is 1.04. The second kappa shape index (κ2) is 5.16. The zero-order chi connectivity index (χ0) is 13.9. The highest BCUT2D eigenvalue weighted by molar-refractivity contribution is 5.47. The van der Waals surface area contributed by atoms with Crippen LogP contribution in [0.15, 0.2) is 41.1 Å². The Morgan fingerprint density at radius 3 is 2.70 bits per heavy atom. The van der Waals surface area contributed by atoms with Crippen LogP contribution >= 0.6 is 0 Å². The van der Waals surface area contributed by atoms with Crippen LogP contribution in [0, 0.1) is 6.92 Å².